The van der Waals surface area contributed by atoms with E-state index in [2.05, 4.69) is 4.98 Å². The van der Waals surface area contributed by atoms with Crippen LogP contribution in [0.3, 0.4) is 0 Å². The van der Waals surface area contributed by atoms with Crippen molar-refractivity contribution in [3.05, 3.63) is 54.5 Å². The normalized spacial score (nSPS) is 10.1. The summed E-state index contributed by atoms with van der Waals surface area (Å²) in [5.74, 6) is 0.280. The van der Waals surface area contributed by atoms with Crippen molar-refractivity contribution in [2.24, 2.45) is 0 Å². The summed E-state index contributed by atoms with van der Waals surface area (Å²) >= 11 is 0. The van der Waals surface area contributed by atoms with E-state index in [9.17, 15) is 4.79 Å². The zero-order valence-corrected chi connectivity index (χ0v) is 9.69. The van der Waals surface area contributed by atoms with Crippen LogP contribution in [-0.4, -0.2) is 22.7 Å². The Morgan fingerprint density at radius 2 is 2.11 bits per heavy atom. The number of ketones is 1. The third-order valence-corrected chi connectivity index (χ3v) is 2.37. The summed E-state index contributed by atoms with van der Waals surface area (Å²) < 4.78 is 6.51. The third-order valence-electron chi connectivity index (χ3n) is 2.37. The van der Waals surface area contributed by atoms with Crippen LogP contribution in [0.25, 0.3) is 0 Å². The Morgan fingerprint density at radius 3 is 2.83 bits per heavy atom. The Balaban J connectivity index is 2.10. The van der Waals surface area contributed by atoms with Crippen LogP contribution in [0.2, 0.25) is 0 Å². The Labute approximate surface area is 104 Å². The van der Waals surface area contributed by atoms with Crippen molar-refractivity contribution >= 4 is 5.78 Å². The number of nitrogens with zero attached hydrogens (tertiary/aromatic N) is 2. The van der Waals surface area contributed by atoms with Gasteiger partial charge in [-0.2, -0.15) is 4.57 Å². The first kappa shape index (κ1) is 12.2. The molecule has 2 aromatic rings. The predicted molar refractivity (Wildman–Crippen MR) is 62.9 cm³/mol. The highest BCUT2D eigenvalue weighted by Crippen LogP contribution is 2.02. The second kappa shape index (κ2) is 5.88. The molecule has 1 aromatic heterocycles. The number of aromatic nitrogens is 2. The van der Waals surface area contributed by atoms with Crippen LogP contribution in [0.5, 0.6) is 5.88 Å². The number of carbonyl (C=O) groups is 1. The molecular formula is C13H13N2O3+. The van der Waals surface area contributed by atoms with E-state index in [0.717, 1.165) is 0 Å². The van der Waals surface area contributed by atoms with Gasteiger partial charge in [0.1, 0.15) is 0 Å². The molecule has 0 aliphatic rings. The van der Waals surface area contributed by atoms with Gasteiger partial charge in [0, 0.05) is 5.56 Å². The van der Waals surface area contributed by atoms with Crippen molar-refractivity contribution < 1.29 is 19.2 Å². The summed E-state index contributed by atoms with van der Waals surface area (Å²) in [5.41, 5.74) is 0.659. The van der Waals surface area contributed by atoms with Crippen LogP contribution >= 0.6 is 0 Å². The molecule has 1 heterocycles. The summed E-state index contributed by atoms with van der Waals surface area (Å²) in [4.78, 5) is 15.8. The Kier molecular flexibility index (Phi) is 3.98. The summed E-state index contributed by atoms with van der Waals surface area (Å²) in [6, 6.07) is 9.06. The van der Waals surface area contributed by atoms with Crippen LogP contribution in [0.1, 0.15) is 10.4 Å². The quantitative estimate of drug-likeness (QED) is 0.475. The number of hydrogen-bond donors (Lipinski definition) is 1. The molecule has 0 bridgehead atoms. The summed E-state index contributed by atoms with van der Waals surface area (Å²) in [6.07, 6.45) is 4.76. The highest BCUT2D eigenvalue weighted by molar-refractivity contribution is 5.94. The first-order valence-corrected chi connectivity index (χ1v) is 5.46. The average molecular weight is 245 g/mol. The van der Waals surface area contributed by atoms with Crippen LogP contribution < -0.4 is 9.30 Å². The number of carbonyl (C=O) groups excluding carboxylic acids is 1. The van der Waals surface area contributed by atoms with E-state index < -0.39 is 6.79 Å². The molecule has 0 spiro atoms. The van der Waals surface area contributed by atoms with Gasteiger partial charge in [0.25, 0.3) is 5.88 Å². The molecule has 0 atom stereocenters. The van der Waals surface area contributed by atoms with E-state index in [0.29, 0.717) is 5.56 Å². The van der Waals surface area contributed by atoms with Crippen molar-refractivity contribution in [2.75, 3.05) is 6.79 Å². The molecule has 0 radical (unpaired) electrons. The van der Waals surface area contributed by atoms with Crippen molar-refractivity contribution in [1.29, 1.82) is 0 Å². The molecule has 0 amide bonds. The fourth-order valence-electron chi connectivity index (χ4n) is 1.53. The van der Waals surface area contributed by atoms with Gasteiger partial charge in [-0.15, -0.1) is 0 Å². The Morgan fingerprint density at radius 1 is 1.33 bits per heavy atom. The monoisotopic (exact) mass is 245 g/mol. The summed E-state index contributed by atoms with van der Waals surface area (Å²) in [5, 5.41) is 8.63. The fraction of sp³-hybridized carbons (Fsp3) is 0.154. The Bertz CT molecular complexity index is 529. The molecule has 5 nitrogen and oxygen atoms in total. The number of aliphatic hydroxyl groups excluding tert-OH is 1. The molecule has 1 N–H and O–H groups in total. The molecule has 0 unspecified atom stereocenters. The summed E-state index contributed by atoms with van der Waals surface area (Å²) in [6.45, 7) is -0.238. The minimum Gasteiger partial charge on any atom is -0.446 e. The molecule has 92 valence electrons. The minimum absolute atomic E-state index is 0.00162. The van der Waals surface area contributed by atoms with Crippen molar-refractivity contribution in [3.8, 4) is 5.88 Å². The van der Waals surface area contributed by atoms with E-state index in [1.807, 2.05) is 18.2 Å². The maximum Gasteiger partial charge on any atom is 0.282 e. The van der Waals surface area contributed by atoms with Crippen LogP contribution in [0, 0.1) is 0 Å². The maximum atomic E-state index is 12.0. The zero-order valence-electron chi connectivity index (χ0n) is 9.69. The van der Waals surface area contributed by atoms with Gasteiger partial charge in [-0.3, -0.25) is 4.79 Å². The second-order valence-electron chi connectivity index (χ2n) is 3.63. The van der Waals surface area contributed by atoms with Gasteiger partial charge in [0.2, 0.25) is 18.5 Å². The molecule has 18 heavy (non-hydrogen) atoms. The van der Waals surface area contributed by atoms with Gasteiger partial charge in [-0.25, -0.2) is 4.98 Å². The zero-order chi connectivity index (χ0) is 12.8. The number of hydrogen-bond acceptors (Lipinski definition) is 4. The predicted octanol–water partition coefficient (Wildman–Crippen LogP) is 0.581. The van der Waals surface area contributed by atoms with Gasteiger partial charge < -0.3 is 9.84 Å². The Hall–Kier alpha value is -2.27. The molecule has 5 heteroatoms. The van der Waals surface area contributed by atoms with Gasteiger partial charge >= 0.3 is 0 Å². The van der Waals surface area contributed by atoms with Gasteiger partial charge in [-0.1, -0.05) is 30.3 Å². The van der Waals surface area contributed by atoms with Gasteiger partial charge in [0.05, 0.1) is 6.20 Å². The smallest absolute Gasteiger partial charge is 0.282 e. The van der Waals surface area contributed by atoms with Crippen LogP contribution in [-0.2, 0) is 6.54 Å². The molecule has 0 saturated heterocycles. The van der Waals surface area contributed by atoms with Crippen LogP contribution in [0.4, 0.5) is 0 Å². The largest absolute Gasteiger partial charge is 0.446 e. The van der Waals surface area contributed by atoms with Gasteiger partial charge in [0.15, 0.2) is 13.0 Å². The standard InChI is InChI=1S/C13H13N2O3/c16-10-18-13-9-15(7-6-14-13)8-12(17)11-4-2-1-3-5-11/h1-7,9,16H,8,10H2/q+1. The lowest BCUT2D eigenvalue weighted by molar-refractivity contribution is -0.684. The number of benzene rings is 1. The maximum absolute atomic E-state index is 12.0. The highest BCUT2D eigenvalue weighted by atomic mass is 16.6. The molecule has 0 aliphatic heterocycles. The fourth-order valence-corrected chi connectivity index (χ4v) is 1.53. The number of rotatable bonds is 5. The summed E-state index contributed by atoms with van der Waals surface area (Å²) in [7, 11) is 0. The first-order chi connectivity index (χ1) is 8.79. The minimum atomic E-state index is -0.441. The second-order valence-corrected chi connectivity index (χ2v) is 3.63. The van der Waals surface area contributed by atoms with Crippen molar-refractivity contribution in [3.63, 3.8) is 0 Å². The number of ether oxygens (including phenoxy) is 1. The lowest BCUT2D eigenvalue weighted by Gasteiger charge is -2.00. The number of Topliss-reactive ketones (excluding diaryl/α,β-unsaturated/α-hetero) is 1. The number of aliphatic hydroxyl groups is 1. The van der Waals surface area contributed by atoms with E-state index >= 15 is 0 Å². The van der Waals surface area contributed by atoms with Crippen molar-refractivity contribution in [1.82, 2.24) is 4.98 Å². The van der Waals surface area contributed by atoms with Crippen LogP contribution in [0.15, 0.2) is 48.9 Å². The molecule has 1 aromatic carbocycles. The molecular weight excluding hydrogens is 232 g/mol. The average Bonchev–Trinajstić information content (AvgIpc) is 2.40. The molecule has 0 aliphatic carbocycles. The first-order valence-electron chi connectivity index (χ1n) is 5.46. The van der Waals surface area contributed by atoms with E-state index in [1.54, 1.807) is 29.1 Å². The van der Waals surface area contributed by atoms with E-state index in [1.165, 1.54) is 6.20 Å². The molecule has 0 fully saturated rings. The lowest BCUT2D eigenvalue weighted by atomic mass is 10.1. The van der Waals surface area contributed by atoms with Gasteiger partial charge in [-0.05, 0) is 0 Å². The molecule has 0 saturated carbocycles. The SMILES string of the molecule is O=C(C[n+]1ccnc(OCO)c1)c1ccccc1. The van der Waals surface area contributed by atoms with E-state index in [4.69, 9.17) is 9.84 Å². The molecule has 2 rings (SSSR count). The highest BCUT2D eigenvalue weighted by Gasteiger charge is 2.12. The van der Waals surface area contributed by atoms with E-state index in [-0.39, 0.29) is 18.2 Å². The topological polar surface area (TPSA) is 63.3 Å². The lowest BCUT2D eigenvalue weighted by Crippen LogP contribution is -2.37. The van der Waals surface area contributed by atoms with Crippen molar-refractivity contribution in [2.45, 2.75) is 6.54 Å². The third kappa shape index (κ3) is 3.11.